The Kier molecular flexibility index (Phi) is 5.35. The lowest BCUT2D eigenvalue weighted by molar-refractivity contribution is -0.140. The van der Waals surface area contributed by atoms with Crippen LogP contribution in [0.15, 0.2) is 18.2 Å². The number of halogens is 1. The third kappa shape index (κ3) is 3.93. The molecule has 0 aromatic heterocycles. The molecule has 1 aliphatic rings. The van der Waals surface area contributed by atoms with E-state index in [0.717, 1.165) is 25.2 Å². The fraction of sp³-hybridized carbons (Fsp3) is 0.533. The molecule has 0 aliphatic carbocycles. The minimum Gasteiger partial charge on any atom is -0.464 e. The van der Waals surface area contributed by atoms with Crippen molar-refractivity contribution in [3.8, 4) is 0 Å². The van der Waals surface area contributed by atoms with Crippen molar-refractivity contribution in [2.75, 3.05) is 38.2 Å². The second-order valence-electron chi connectivity index (χ2n) is 4.93. The summed E-state index contributed by atoms with van der Waals surface area (Å²) in [4.78, 5) is 12.8. The average molecular weight is 280 g/mol. The molecule has 0 bridgehead atoms. The standard InChI is InChI=1S/C15H21FN2O2/c1-12(19)20-10-7-17-15-4-2-3-13-11-18(9-6-16)8-5-14(13)15/h2-4,17H,5-11H2,1H3. The third-order valence-corrected chi connectivity index (χ3v) is 3.47. The smallest absolute Gasteiger partial charge is 0.302 e. The molecule has 0 unspecified atom stereocenters. The van der Waals surface area contributed by atoms with Gasteiger partial charge in [0.15, 0.2) is 0 Å². The summed E-state index contributed by atoms with van der Waals surface area (Å²) in [6, 6.07) is 6.14. The first-order valence-electron chi connectivity index (χ1n) is 6.97. The predicted octanol–water partition coefficient (Wildman–Crippen LogP) is 1.99. The van der Waals surface area contributed by atoms with Crippen LogP contribution in [0.1, 0.15) is 18.1 Å². The lowest BCUT2D eigenvalue weighted by Crippen LogP contribution is -2.32. The predicted molar refractivity (Wildman–Crippen MR) is 76.5 cm³/mol. The largest absolute Gasteiger partial charge is 0.464 e. The fourth-order valence-corrected chi connectivity index (χ4v) is 2.52. The summed E-state index contributed by atoms with van der Waals surface area (Å²) in [6.07, 6.45) is 0.923. The first kappa shape index (κ1) is 14.8. The number of carbonyl (C=O) groups excluding carboxylic acids is 1. The Labute approximate surface area is 118 Å². The van der Waals surface area contributed by atoms with Gasteiger partial charge < -0.3 is 10.1 Å². The maximum absolute atomic E-state index is 12.4. The van der Waals surface area contributed by atoms with E-state index in [1.54, 1.807) is 0 Å². The number of hydrogen-bond acceptors (Lipinski definition) is 4. The van der Waals surface area contributed by atoms with E-state index in [2.05, 4.69) is 16.3 Å². The molecule has 2 rings (SSSR count). The van der Waals surface area contributed by atoms with Crippen molar-refractivity contribution in [3.63, 3.8) is 0 Å². The highest BCUT2D eigenvalue weighted by molar-refractivity contribution is 5.66. The average Bonchev–Trinajstić information content (AvgIpc) is 2.43. The van der Waals surface area contributed by atoms with Crippen LogP contribution in [0.4, 0.5) is 10.1 Å². The van der Waals surface area contributed by atoms with E-state index < -0.39 is 0 Å². The molecule has 1 aromatic carbocycles. The number of benzene rings is 1. The summed E-state index contributed by atoms with van der Waals surface area (Å²) in [5.41, 5.74) is 3.64. The molecule has 0 atom stereocenters. The molecule has 1 aliphatic heterocycles. The number of anilines is 1. The lowest BCUT2D eigenvalue weighted by atomic mass is 9.98. The van der Waals surface area contributed by atoms with Crippen molar-refractivity contribution >= 4 is 11.7 Å². The van der Waals surface area contributed by atoms with E-state index in [1.807, 2.05) is 12.1 Å². The van der Waals surface area contributed by atoms with Gasteiger partial charge in [0, 0.05) is 38.8 Å². The molecule has 0 fully saturated rings. The number of hydrogen-bond donors (Lipinski definition) is 1. The van der Waals surface area contributed by atoms with Gasteiger partial charge in [-0.3, -0.25) is 9.69 Å². The summed E-state index contributed by atoms with van der Waals surface area (Å²) in [6.45, 7) is 4.28. The number of esters is 1. The molecule has 110 valence electrons. The van der Waals surface area contributed by atoms with Crippen LogP contribution in [0.3, 0.4) is 0 Å². The summed E-state index contributed by atoms with van der Waals surface area (Å²) < 4.78 is 17.3. The summed E-state index contributed by atoms with van der Waals surface area (Å²) in [7, 11) is 0. The number of nitrogens with one attached hydrogen (secondary N) is 1. The normalized spacial score (nSPS) is 14.7. The van der Waals surface area contributed by atoms with Crippen LogP contribution in [0, 0.1) is 0 Å². The van der Waals surface area contributed by atoms with Gasteiger partial charge >= 0.3 is 5.97 Å². The summed E-state index contributed by atoms with van der Waals surface area (Å²) >= 11 is 0. The van der Waals surface area contributed by atoms with Crippen LogP contribution < -0.4 is 5.32 Å². The SMILES string of the molecule is CC(=O)OCCNc1cccc2c1CCN(CCF)C2. The number of carbonyl (C=O) groups is 1. The summed E-state index contributed by atoms with van der Waals surface area (Å²) in [5, 5.41) is 3.31. The topological polar surface area (TPSA) is 41.6 Å². The molecular formula is C15H21FN2O2. The summed E-state index contributed by atoms with van der Waals surface area (Å²) in [5.74, 6) is -0.260. The Morgan fingerprint density at radius 2 is 2.35 bits per heavy atom. The number of nitrogens with zero attached hydrogens (tertiary/aromatic N) is 1. The van der Waals surface area contributed by atoms with Gasteiger partial charge in [0.25, 0.3) is 0 Å². The quantitative estimate of drug-likeness (QED) is 0.639. The zero-order chi connectivity index (χ0) is 14.4. The molecule has 0 radical (unpaired) electrons. The Balaban J connectivity index is 1.95. The molecular weight excluding hydrogens is 259 g/mol. The van der Waals surface area contributed by atoms with Crippen molar-refractivity contribution in [1.29, 1.82) is 0 Å². The van der Waals surface area contributed by atoms with Gasteiger partial charge in [-0.2, -0.15) is 0 Å². The van der Waals surface area contributed by atoms with E-state index in [4.69, 9.17) is 4.74 Å². The first-order valence-corrected chi connectivity index (χ1v) is 6.97. The van der Waals surface area contributed by atoms with E-state index in [-0.39, 0.29) is 12.6 Å². The van der Waals surface area contributed by atoms with Crippen LogP contribution in [-0.2, 0) is 22.5 Å². The maximum atomic E-state index is 12.4. The minimum absolute atomic E-state index is 0.260. The zero-order valence-electron chi connectivity index (χ0n) is 11.8. The van der Waals surface area contributed by atoms with Crippen LogP contribution in [-0.4, -0.2) is 43.8 Å². The Morgan fingerprint density at radius 3 is 3.10 bits per heavy atom. The van der Waals surface area contributed by atoms with E-state index in [0.29, 0.717) is 19.7 Å². The third-order valence-electron chi connectivity index (χ3n) is 3.47. The Morgan fingerprint density at radius 1 is 1.50 bits per heavy atom. The van der Waals surface area contributed by atoms with Crippen LogP contribution in [0.5, 0.6) is 0 Å². The number of ether oxygens (including phenoxy) is 1. The van der Waals surface area contributed by atoms with E-state index >= 15 is 0 Å². The van der Waals surface area contributed by atoms with Crippen molar-refractivity contribution < 1.29 is 13.9 Å². The number of rotatable bonds is 6. The molecule has 20 heavy (non-hydrogen) atoms. The second-order valence-corrected chi connectivity index (χ2v) is 4.93. The van der Waals surface area contributed by atoms with Crippen molar-refractivity contribution in [3.05, 3.63) is 29.3 Å². The van der Waals surface area contributed by atoms with Crippen molar-refractivity contribution in [2.24, 2.45) is 0 Å². The van der Waals surface area contributed by atoms with Gasteiger partial charge in [-0.25, -0.2) is 4.39 Å². The molecule has 1 heterocycles. The van der Waals surface area contributed by atoms with Crippen LogP contribution >= 0.6 is 0 Å². The number of alkyl halides is 1. The molecule has 0 saturated carbocycles. The van der Waals surface area contributed by atoms with Crippen molar-refractivity contribution in [2.45, 2.75) is 19.9 Å². The Hall–Kier alpha value is -1.62. The maximum Gasteiger partial charge on any atom is 0.302 e. The van der Waals surface area contributed by atoms with Gasteiger partial charge in [-0.05, 0) is 23.6 Å². The molecule has 0 spiro atoms. The zero-order valence-corrected chi connectivity index (χ0v) is 11.8. The molecule has 5 heteroatoms. The van der Waals surface area contributed by atoms with Crippen molar-refractivity contribution in [1.82, 2.24) is 4.90 Å². The lowest BCUT2D eigenvalue weighted by Gasteiger charge is -2.29. The van der Waals surface area contributed by atoms with Gasteiger partial charge in [-0.1, -0.05) is 12.1 Å². The van der Waals surface area contributed by atoms with Gasteiger partial charge in [0.1, 0.15) is 13.3 Å². The highest BCUT2D eigenvalue weighted by Gasteiger charge is 2.18. The van der Waals surface area contributed by atoms with Crippen LogP contribution in [0.2, 0.25) is 0 Å². The molecule has 0 saturated heterocycles. The van der Waals surface area contributed by atoms with Gasteiger partial charge in [0.2, 0.25) is 0 Å². The monoisotopic (exact) mass is 280 g/mol. The Bertz CT molecular complexity index is 465. The minimum atomic E-state index is -0.296. The molecule has 4 nitrogen and oxygen atoms in total. The van der Waals surface area contributed by atoms with E-state index in [1.165, 1.54) is 18.1 Å². The van der Waals surface area contributed by atoms with E-state index in [9.17, 15) is 9.18 Å². The molecule has 1 N–H and O–H groups in total. The van der Waals surface area contributed by atoms with Crippen LogP contribution in [0.25, 0.3) is 0 Å². The van der Waals surface area contributed by atoms with Gasteiger partial charge in [-0.15, -0.1) is 0 Å². The molecule has 0 amide bonds. The molecule has 1 aromatic rings. The first-order chi connectivity index (χ1) is 9.70. The highest BCUT2D eigenvalue weighted by Crippen LogP contribution is 2.25. The van der Waals surface area contributed by atoms with Gasteiger partial charge in [0.05, 0.1) is 0 Å². The number of fused-ring (bicyclic) bond motifs is 1. The fourth-order valence-electron chi connectivity index (χ4n) is 2.52. The highest BCUT2D eigenvalue weighted by atomic mass is 19.1. The second kappa shape index (κ2) is 7.24.